The Kier molecular flexibility index (Phi) is 3.71. The third-order valence-electron chi connectivity index (χ3n) is 1.66. The molecule has 0 atom stereocenters. The van der Waals surface area contributed by atoms with E-state index in [1.807, 2.05) is 42.5 Å². The van der Waals surface area contributed by atoms with Crippen LogP contribution in [0.2, 0.25) is 0 Å². The minimum absolute atomic E-state index is 0.406. The van der Waals surface area contributed by atoms with Gasteiger partial charge in [-0.25, -0.2) is 0 Å². The van der Waals surface area contributed by atoms with Crippen molar-refractivity contribution in [2.75, 3.05) is 0 Å². The van der Waals surface area contributed by atoms with Gasteiger partial charge in [0, 0.05) is 6.42 Å². The first-order valence-electron chi connectivity index (χ1n) is 4.17. The second kappa shape index (κ2) is 5.09. The molecule has 0 aliphatic heterocycles. The zero-order valence-electron chi connectivity index (χ0n) is 7.44. The third-order valence-corrected chi connectivity index (χ3v) is 1.66. The normalized spacial score (nSPS) is 10.2. The van der Waals surface area contributed by atoms with Gasteiger partial charge in [-0.1, -0.05) is 49.1 Å². The van der Waals surface area contributed by atoms with Crippen molar-refractivity contribution >= 4 is 12.4 Å². The topological polar surface area (TPSA) is 17.1 Å². The Morgan fingerprint density at radius 2 is 2.00 bits per heavy atom. The van der Waals surface area contributed by atoms with Crippen molar-refractivity contribution in [1.29, 1.82) is 0 Å². The largest absolute Gasteiger partial charge is 0.303 e. The fraction of sp³-hybridized carbons (Fsp3) is 0.0833. The van der Waals surface area contributed by atoms with Gasteiger partial charge in [-0.3, -0.25) is 0 Å². The highest BCUT2D eigenvalue weighted by Crippen LogP contribution is 2.04. The molecule has 0 N–H and O–H groups in total. The van der Waals surface area contributed by atoms with E-state index in [9.17, 15) is 4.79 Å². The van der Waals surface area contributed by atoms with E-state index in [1.54, 1.807) is 0 Å². The van der Waals surface area contributed by atoms with Gasteiger partial charge in [0.25, 0.3) is 0 Å². The Balaban J connectivity index is 2.58. The van der Waals surface area contributed by atoms with Crippen molar-refractivity contribution in [3.05, 3.63) is 54.1 Å². The number of carbonyl (C=O) groups excluding carboxylic acids is 1. The third kappa shape index (κ3) is 3.52. The number of allylic oxidation sites excluding steroid dienone is 2. The molecule has 0 saturated carbocycles. The van der Waals surface area contributed by atoms with Crippen LogP contribution in [0.15, 0.2) is 48.6 Å². The molecule has 0 amide bonds. The molecule has 1 nitrogen and oxygen atoms in total. The minimum atomic E-state index is 0.406. The minimum Gasteiger partial charge on any atom is -0.303 e. The summed E-state index contributed by atoms with van der Waals surface area (Å²) in [7, 11) is 0. The number of aldehydes is 1. The Bertz CT molecular complexity index is 309. The van der Waals surface area contributed by atoms with Crippen LogP contribution in [0.1, 0.15) is 12.0 Å². The summed E-state index contributed by atoms with van der Waals surface area (Å²) in [5.74, 6) is 0. The van der Waals surface area contributed by atoms with Crippen LogP contribution in [0.5, 0.6) is 0 Å². The summed E-state index contributed by atoms with van der Waals surface area (Å²) in [4.78, 5) is 10.1. The number of hydrogen-bond acceptors (Lipinski definition) is 1. The van der Waals surface area contributed by atoms with E-state index in [2.05, 4.69) is 6.58 Å². The molecule has 1 rings (SSSR count). The van der Waals surface area contributed by atoms with E-state index in [1.165, 1.54) is 0 Å². The molecule has 1 heteroatoms. The Morgan fingerprint density at radius 1 is 1.31 bits per heavy atom. The number of benzene rings is 1. The zero-order valence-corrected chi connectivity index (χ0v) is 7.44. The maximum atomic E-state index is 10.1. The monoisotopic (exact) mass is 172 g/mol. The molecule has 0 unspecified atom stereocenters. The summed E-state index contributed by atoms with van der Waals surface area (Å²) in [5, 5.41) is 0. The van der Waals surface area contributed by atoms with E-state index in [-0.39, 0.29) is 0 Å². The fourth-order valence-electron chi connectivity index (χ4n) is 0.953. The fourth-order valence-corrected chi connectivity index (χ4v) is 0.953. The van der Waals surface area contributed by atoms with Crippen molar-refractivity contribution in [1.82, 2.24) is 0 Å². The van der Waals surface area contributed by atoms with E-state index in [0.29, 0.717) is 6.42 Å². The molecule has 0 heterocycles. The van der Waals surface area contributed by atoms with Crippen molar-refractivity contribution in [3.63, 3.8) is 0 Å². The molecule has 1 aromatic rings. The molecule has 0 aromatic heterocycles. The molecule has 66 valence electrons. The summed E-state index contributed by atoms with van der Waals surface area (Å²) < 4.78 is 0. The first-order valence-corrected chi connectivity index (χ1v) is 4.17. The molecular formula is C12H12O. The number of hydrogen-bond donors (Lipinski definition) is 0. The Morgan fingerprint density at radius 3 is 2.62 bits per heavy atom. The lowest BCUT2D eigenvalue weighted by Gasteiger charge is -1.92. The summed E-state index contributed by atoms with van der Waals surface area (Å²) in [6.45, 7) is 3.74. The molecular weight excluding hydrogens is 160 g/mol. The van der Waals surface area contributed by atoms with Crippen LogP contribution in [0.25, 0.3) is 6.08 Å². The lowest BCUT2D eigenvalue weighted by atomic mass is 10.1. The highest BCUT2D eigenvalue weighted by molar-refractivity contribution is 5.59. The van der Waals surface area contributed by atoms with Crippen LogP contribution in [0.3, 0.4) is 0 Å². The van der Waals surface area contributed by atoms with Gasteiger partial charge < -0.3 is 4.79 Å². The maximum Gasteiger partial charge on any atom is 0.124 e. The highest BCUT2D eigenvalue weighted by atomic mass is 16.1. The summed E-state index contributed by atoms with van der Waals surface area (Å²) in [6, 6.07) is 9.93. The van der Waals surface area contributed by atoms with E-state index in [4.69, 9.17) is 0 Å². The van der Waals surface area contributed by atoms with Crippen LogP contribution in [0, 0.1) is 0 Å². The number of rotatable bonds is 4. The van der Waals surface area contributed by atoms with Gasteiger partial charge in [-0.15, -0.1) is 0 Å². The maximum absolute atomic E-state index is 10.1. The summed E-state index contributed by atoms with van der Waals surface area (Å²) in [5.41, 5.74) is 1.95. The first kappa shape index (κ1) is 9.46. The zero-order chi connectivity index (χ0) is 9.52. The molecule has 0 aliphatic rings. The van der Waals surface area contributed by atoms with Crippen molar-refractivity contribution in [2.24, 2.45) is 0 Å². The average molecular weight is 172 g/mol. The molecule has 0 radical (unpaired) electrons. The van der Waals surface area contributed by atoms with Crippen LogP contribution in [-0.2, 0) is 4.79 Å². The Hall–Kier alpha value is -1.63. The van der Waals surface area contributed by atoms with Gasteiger partial charge in [-0.2, -0.15) is 0 Å². The summed E-state index contributed by atoms with van der Waals surface area (Å²) in [6.07, 6.45) is 5.08. The van der Waals surface area contributed by atoms with Gasteiger partial charge >= 0.3 is 0 Å². The van der Waals surface area contributed by atoms with Crippen molar-refractivity contribution < 1.29 is 4.79 Å². The van der Waals surface area contributed by atoms with Crippen LogP contribution in [0.4, 0.5) is 0 Å². The van der Waals surface area contributed by atoms with Crippen LogP contribution >= 0.6 is 0 Å². The van der Waals surface area contributed by atoms with Crippen molar-refractivity contribution in [2.45, 2.75) is 6.42 Å². The van der Waals surface area contributed by atoms with Crippen LogP contribution in [-0.4, -0.2) is 6.29 Å². The van der Waals surface area contributed by atoms with Gasteiger partial charge in [0.2, 0.25) is 0 Å². The van der Waals surface area contributed by atoms with Gasteiger partial charge in [-0.05, 0) is 11.1 Å². The lowest BCUT2D eigenvalue weighted by molar-refractivity contribution is -0.107. The Labute approximate surface area is 78.4 Å². The SMILES string of the molecule is C=C(C=Cc1ccccc1)CC=O. The molecule has 13 heavy (non-hydrogen) atoms. The standard InChI is InChI=1S/C12H12O/c1-11(9-10-13)7-8-12-5-3-2-4-6-12/h2-8,10H,1,9H2. The van der Waals surface area contributed by atoms with Gasteiger partial charge in [0.15, 0.2) is 0 Å². The van der Waals surface area contributed by atoms with E-state index in [0.717, 1.165) is 17.4 Å². The second-order valence-electron chi connectivity index (χ2n) is 2.77. The molecule has 0 bridgehead atoms. The first-order chi connectivity index (χ1) is 6.33. The molecule has 1 aromatic carbocycles. The predicted molar refractivity (Wildman–Crippen MR) is 55.3 cm³/mol. The highest BCUT2D eigenvalue weighted by Gasteiger charge is 1.86. The predicted octanol–water partition coefficient (Wildman–Crippen LogP) is 2.85. The second-order valence-corrected chi connectivity index (χ2v) is 2.77. The van der Waals surface area contributed by atoms with Gasteiger partial charge in [0.05, 0.1) is 0 Å². The van der Waals surface area contributed by atoms with E-state index >= 15 is 0 Å². The average Bonchev–Trinajstić information content (AvgIpc) is 2.17. The lowest BCUT2D eigenvalue weighted by Crippen LogP contribution is -1.76. The van der Waals surface area contributed by atoms with Crippen LogP contribution < -0.4 is 0 Å². The number of carbonyl (C=O) groups is 1. The summed E-state index contributed by atoms with van der Waals surface area (Å²) >= 11 is 0. The van der Waals surface area contributed by atoms with E-state index < -0.39 is 0 Å². The smallest absolute Gasteiger partial charge is 0.124 e. The van der Waals surface area contributed by atoms with Crippen molar-refractivity contribution in [3.8, 4) is 0 Å². The molecule has 0 saturated heterocycles. The van der Waals surface area contributed by atoms with Gasteiger partial charge in [0.1, 0.15) is 6.29 Å². The molecule has 0 fully saturated rings. The quantitative estimate of drug-likeness (QED) is 0.504. The molecule has 0 spiro atoms. The molecule has 0 aliphatic carbocycles.